The maximum atomic E-state index is 12.7. The molecule has 4 aliphatic rings. The molecule has 0 aromatic carbocycles. The number of nitrogens with zero attached hydrogens (tertiary/aromatic N) is 1. The Morgan fingerprint density at radius 2 is 1.70 bits per heavy atom. The number of amides is 1. The molecule has 1 amide bonds. The minimum atomic E-state index is -4.18. The van der Waals surface area contributed by atoms with Crippen molar-refractivity contribution in [1.29, 1.82) is 0 Å². The number of carbonyl (C=O) groups excluding carboxylic acids is 1. The maximum Gasteiger partial charge on any atom is 0.220 e. The van der Waals surface area contributed by atoms with Gasteiger partial charge in [0, 0.05) is 31.6 Å². The van der Waals surface area contributed by atoms with Gasteiger partial charge in [-0.05, 0) is 97.7 Å². The summed E-state index contributed by atoms with van der Waals surface area (Å²) in [5.41, 5.74) is -0.191. The van der Waals surface area contributed by atoms with Gasteiger partial charge in [-0.1, -0.05) is 20.8 Å². The molecule has 0 saturated heterocycles. The van der Waals surface area contributed by atoms with E-state index in [1.165, 1.54) is 0 Å². The predicted octanol–water partition coefficient (Wildman–Crippen LogP) is 2.06. The van der Waals surface area contributed by atoms with Crippen LogP contribution in [0.3, 0.4) is 0 Å². The molecular formula is C32H60N2O8S. The first-order valence-electron chi connectivity index (χ1n) is 16.5. The lowest BCUT2D eigenvalue weighted by atomic mass is 9.43. The van der Waals surface area contributed by atoms with Crippen molar-refractivity contribution in [3.8, 4) is 0 Å². The first-order valence-corrected chi connectivity index (χ1v) is 18.1. The number of hydrogen-bond donors (Lipinski definition) is 4. The first-order chi connectivity index (χ1) is 19.5. The Morgan fingerprint density at radius 3 is 2.37 bits per heavy atom. The maximum absolute atomic E-state index is 12.7. The Kier molecular flexibility index (Phi) is 11.8. The zero-order chi connectivity index (χ0) is 31.1. The number of quaternary nitrogens is 1. The predicted molar refractivity (Wildman–Crippen MR) is 165 cm³/mol. The van der Waals surface area contributed by atoms with E-state index in [1.54, 1.807) is 0 Å². The molecule has 0 bridgehead atoms. The molecule has 0 aliphatic heterocycles. The summed E-state index contributed by atoms with van der Waals surface area (Å²) >= 11 is 0. The molecule has 0 aromatic rings. The summed E-state index contributed by atoms with van der Waals surface area (Å²) in [6, 6.07) is 0. The van der Waals surface area contributed by atoms with Crippen LogP contribution in [0.15, 0.2) is 0 Å². The summed E-state index contributed by atoms with van der Waals surface area (Å²) in [6.07, 6.45) is 7.35. The monoisotopic (exact) mass is 632 g/mol. The summed E-state index contributed by atoms with van der Waals surface area (Å²) in [5.74, 6) is 1.38. The molecule has 0 aromatic heterocycles. The van der Waals surface area contributed by atoms with Gasteiger partial charge in [-0.25, -0.2) is 8.42 Å². The van der Waals surface area contributed by atoms with Crippen molar-refractivity contribution in [3.05, 3.63) is 0 Å². The highest BCUT2D eigenvalue weighted by molar-refractivity contribution is 7.85. The fraction of sp³-hybridized carbons (Fsp3) is 0.969. The van der Waals surface area contributed by atoms with Gasteiger partial charge in [-0.2, -0.15) is 0 Å². The molecule has 6 N–H and O–H groups in total. The molecule has 4 unspecified atom stereocenters. The first kappa shape index (κ1) is 36.6. The summed E-state index contributed by atoms with van der Waals surface area (Å²) in [5, 5.41) is 36.6. The standard InChI is InChI=1S/C32H58N2O7S.H2O/c1-21(8-11-29(38)33-14-6-15-34(4,5)16-7-17-42(39,40)41)24-9-10-25-30-26(20-28(37)32(24,25)3)31(2)13-12-23(35)18-22(31)19-27(30)36;/h21-28,30,35-37H,6-20H2,1-5H3,(H-,33,38,39,40,41);1H2/t21-,22?,23-,24-,25?,26?,27-,28+,30?,31+,32-;/m1./s1. The van der Waals surface area contributed by atoms with Crippen molar-refractivity contribution in [1.82, 2.24) is 5.32 Å². The van der Waals surface area contributed by atoms with Gasteiger partial charge in [-0.15, -0.1) is 0 Å². The van der Waals surface area contributed by atoms with E-state index in [4.69, 9.17) is 0 Å². The Labute approximate surface area is 259 Å². The van der Waals surface area contributed by atoms with Crippen LogP contribution < -0.4 is 5.32 Å². The van der Waals surface area contributed by atoms with E-state index in [9.17, 15) is 33.1 Å². The van der Waals surface area contributed by atoms with Gasteiger partial charge < -0.3 is 35.1 Å². The number of aliphatic hydroxyl groups excluding tert-OH is 3. The molecule has 0 spiro atoms. The third-order valence-corrected chi connectivity index (χ3v) is 13.6. The van der Waals surface area contributed by atoms with Crippen LogP contribution in [0, 0.1) is 46.3 Å². The van der Waals surface area contributed by atoms with E-state index in [-0.39, 0.29) is 57.9 Å². The highest BCUT2D eigenvalue weighted by Crippen LogP contribution is 2.68. The van der Waals surface area contributed by atoms with Crippen molar-refractivity contribution < 1.29 is 43.0 Å². The summed E-state index contributed by atoms with van der Waals surface area (Å²) in [7, 11) is -0.177. The highest BCUT2D eigenvalue weighted by atomic mass is 32.2. The van der Waals surface area contributed by atoms with E-state index < -0.39 is 16.2 Å². The molecule has 43 heavy (non-hydrogen) atoms. The third kappa shape index (κ3) is 7.95. The molecule has 11 atom stereocenters. The van der Waals surface area contributed by atoms with Crippen LogP contribution in [-0.4, -0.2) is 102 Å². The zero-order valence-corrected chi connectivity index (χ0v) is 27.9. The van der Waals surface area contributed by atoms with Gasteiger partial charge >= 0.3 is 0 Å². The lowest BCUT2D eigenvalue weighted by Gasteiger charge is -2.63. The Hall–Kier alpha value is -0.820. The van der Waals surface area contributed by atoms with Gasteiger partial charge in [0.15, 0.2) is 0 Å². The van der Waals surface area contributed by atoms with Gasteiger partial charge in [0.05, 0.1) is 55.6 Å². The normalized spacial score (nSPS) is 40.0. The van der Waals surface area contributed by atoms with Crippen LogP contribution in [0.1, 0.15) is 91.4 Å². The fourth-order valence-corrected chi connectivity index (χ4v) is 10.8. The largest absolute Gasteiger partial charge is 0.748 e. The van der Waals surface area contributed by atoms with Gasteiger partial charge in [-0.3, -0.25) is 4.79 Å². The lowest BCUT2D eigenvalue weighted by Crippen LogP contribution is -2.62. The molecule has 0 radical (unpaired) electrons. The van der Waals surface area contributed by atoms with Crippen molar-refractivity contribution in [3.63, 3.8) is 0 Å². The van der Waals surface area contributed by atoms with Gasteiger partial charge in [0.25, 0.3) is 0 Å². The minimum absolute atomic E-state index is 0. The lowest BCUT2D eigenvalue weighted by molar-refractivity contribution is -0.890. The van der Waals surface area contributed by atoms with Gasteiger partial charge in [0.1, 0.15) is 0 Å². The molecule has 11 heteroatoms. The quantitative estimate of drug-likeness (QED) is 0.144. The Balaban J connectivity index is 0.00000506. The zero-order valence-electron chi connectivity index (χ0n) is 27.1. The van der Waals surface area contributed by atoms with E-state index in [1.807, 2.05) is 14.1 Å². The second-order valence-electron chi connectivity index (χ2n) is 15.7. The average Bonchev–Trinajstić information content (AvgIpc) is 3.24. The number of rotatable bonds is 12. The Morgan fingerprint density at radius 1 is 1.02 bits per heavy atom. The summed E-state index contributed by atoms with van der Waals surface area (Å²) < 4.78 is 33.1. The number of nitrogens with one attached hydrogen (secondary N) is 1. The molecule has 4 fully saturated rings. The summed E-state index contributed by atoms with van der Waals surface area (Å²) in [6.45, 7) is 8.78. The van der Waals surface area contributed by atoms with Crippen molar-refractivity contribution in [2.75, 3.05) is 39.5 Å². The molecule has 4 aliphatic carbocycles. The van der Waals surface area contributed by atoms with Crippen LogP contribution in [-0.2, 0) is 14.9 Å². The van der Waals surface area contributed by atoms with Crippen LogP contribution >= 0.6 is 0 Å². The smallest absolute Gasteiger partial charge is 0.220 e. The molecule has 252 valence electrons. The van der Waals surface area contributed by atoms with E-state index in [0.717, 1.165) is 64.3 Å². The van der Waals surface area contributed by atoms with Crippen molar-refractivity contribution in [2.24, 2.45) is 46.3 Å². The topological polar surface area (TPSA) is 178 Å². The van der Waals surface area contributed by atoms with Crippen LogP contribution in [0.2, 0.25) is 0 Å². The second-order valence-corrected chi connectivity index (χ2v) is 17.3. The highest BCUT2D eigenvalue weighted by Gasteiger charge is 2.65. The van der Waals surface area contributed by atoms with E-state index >= 15 is 0 Å². The SMILES string of the molecule is C[C@H](CCC(=O)NCCC[N+](C)(C)CCCS(=O)(=O)[O-])[C@H]1CCC2C3C(C[C@H](O)[C@@]21C)[C@@]1(C)CC[C@@H](O)CC1C[C@H]3O.O. The number of carbonyl (C=O) groups is 1. The molecular weight excluding hydrogens is 572 g/mol. The average molecular weight is 633 g/mol. The minimum Gasteiger partial charge on any atom is -0.748 e. The number of aliphatic hydroxyl groups is 3. The van der Waals surface area contributed by atoms with Crippen molar-refractivity contribution >= 4 is 16.0 Å². The van der Waals surface area contributed by atoms with E-state index in [0.29, 0.717) is 48.2 Å². The van der Waals surface area contributed by atoms with E-state index in [2.05, 4.69) is 26.1 Å². The molecule has 4 saturated carbocycles. The van der Waals surface area contributed by atoms with Crippen LogP contribution in [0.4, 0.5) is 0 Å². The molecule has 0 heterocycles. The fourth-order valence-electron chi connectivity index (χ4n) is 10.3. The third-order valence-electron chi connectivity index (χ3n) is 12.8. The molecule has 4 rings (SSSR count). The Bertz CT molecular complexity index is 1060. The van der Waals surface area contributed by atoms with Crippen molar-refractivity contribution in [2.45, 2.75) is 110 Å². The summed E-state index contributed by atoms with van der Waals surface area (Å²) in [4.78, 5) is 12.7. The van der Waals surface area contributed by atoms with Crippen LogP contribution in [0.5, 0.6) is 0 Å². The number of hydrogen-bond acceptors (Lipinski definition) is 7. The second kappa shape index (κ2) is 13.9. The van der Waals surface area contributed by atoms with Gasteiger partial charge in [0.2, 0.25) is 5.91 Å². The number of fused-ring (bicyclic) bond motifs is 5. The molecule has 10 nitrogen and oxygen atoms in total. The van der Waals surface area contributed by atoms with Crippen LogP contribution in [0.25, 0.3) is 0 Å².